The van der Waals surface area contributed by atoms with Crippen LogP contribution in [0.1, 0.15) is 45.7 Å². The molecule has 130 valence electrons. The van der Waals surface area contributed by atoms with Crippen molar-refractivity contribution >= 4 is 15.9 Å². The van der Waals surface area contributed by atoms with E-state index in [1.165, 1.54) is 11.2 Å². The Balaban J connectivity index is 2.76. The Kier molecular flexibility index (Phi) is 6.62. The summed E-state index contributed by atoms with van der Waals surface area (Å²) in [6.07, 6.45) is 1.48. The SMILES string of the molecule is CC(C)C[C@H](C)OC(=O)N(C)[C@H](C)c1ccc(S(C)(=O)=O)cc1. The number of carbonyl (C=O) groups is 1. The minimum absolute atomic E-state index is 0.134. The highest BCUT2D eigenvalue weighted by molar-refractivity contribution is 7.90. The fraction of sp³-hybridized carbons (Fsp3) is 0.588. The molecule has 1 rings (SSSR count). The Morgan fingerprint density at radius 2 is 1.65 bits per heavy atom. The summed E-state index contributed by atoms with van der Waals surface area (Å²) in [6, 6.07) is 6.36. The van der Waals surface area contributed by atoms with Crippen LogP contribution in [0.5, 0.6) is 0 Å². The van der Waals surface area contributed by atoms with Crippen LogP contribution in [0.4, 0.5) is 4.79 Å². The van der Waals surface area contributed by atoms with E-state index in [9.17, 15) is 13.2 Å². The summed E-state index contributed by atoms with van der Waals surface area (Å²) in [7, 11) is -1.53. The quantitative estimate of drug-likeness (QED) is 0.792. The summed E-state index contributed by atoms with van der Waals surface area (Å²) in [5, 5.41) is 0. The zero-order valence-corrected chi connectivity index (χ0v) is 15.6. The van der Waals surface area contributed by atoms with Gasteiger partial charge in [-0.1, -0.05) is 26.0 Å². The van der Waals surface area contributed by atoms with Crippen LogP contribution in [-0.4, -0.2) is 38.8 Å². The molecule has 0 saturated carbocycles. The minimum atomic E-state index is -3.21. The van der Waals surface area contributed by atoms with Gasteiger partial charge in [-0.25, -0.2) is 13.2 Å². The lowest BCUT2D eigenvalue weighted by atomic mass is 10.1. The molecule has 0 heterocycles. The van der Waals surface area contributed by atoms with Crippen molar-refractivity contribution in [1.82, 2.24) is 4.90 Å². The molecular weight excluding hydrogens is 314 g/mol. The van der Waals surface area contributed by atoms with Gasteiger partial charge < -0.3 is 9.64 Å². The number of rotatable bonds is 6. The normalized spacial score (nSPS) is 14.4. The number of amides is 1. The number of ether oxygens (including phenoxy) is 1. The third kappa shape index (κ3) is 5.86. The highest BCUT2D eigenvalue weighted by Gasteiger charge is 2.21. The monoisotopic (exact) mass is 341 g/mol. The molecular formula is C17H27NO4S. The Hall–Kier alpha value is -1.56. The largest absolute Gasteiger partial charge is 0.446 e. The van der Waals surface area contributed by atoms with Crippen LogP contribution in [0.25, 0.3) is 0 Å². The van der Waals surface area contributed by atoms with E-state index in [4.69, 9.17) is 4.74 Å². The average molecular weight is 341 g/mol. The summed E-state index contributed by atoms with van der Waals surface area (Å²) in [6.45, 7) is 7.93. The van der Waals surface area contributed by atoms with E-state index in [0.29, 0.717) is 5.92 Å². The van der Waals surface area contributed by atoms with Crippen molar-refractivity contribution < 1.29 is 17.9 Å². The summed E-state index contributed by atoms with van der Waals surface area (Å²) >= 11 is 0. The number of nitrogens with zero attached hydrogens (tertiary/aromatic N) is 1. The van der Waals surface area contributed by atoms with Crippen molar-refractivity contribution in [2.75, 3.05) is 13.3 Å². The van der Waals surface area contributed by atoms with E-state index in [0.717, 1.165) is 12.0 Å². The first-order chi connectivity index (χ1) is 10.5. The molecule has 0 radical (unpaired) electrons. The molecule has 0 N–H and O–H groups in total. The molecule has 0 aromatic heterocycles. The van der Waals surface area contributed by atoms with E-state index in [-0.39, 0.29) is 23.1 Å². The Morgan fingerprint density at radius 3 is 2.09 bits per heavy atom. The maximum atomic E-state index is 12.2. The fourth-order valence-corrected chi connectivity index (χ4v) is 2.97. The second-order valence-electron chi connectivity index (χ2n) is 6.45. The van der Waals surface area contributed by atoms with Crippen LogP contribution in [0.15, 0.2) is 29.2 Å². The van der Waals surface area contributed by atoms with Crippen LogP contribution < -0.4 is 0 Å². The lowest BCUT2D eigenvalue weighted by molar-refractivity contribution is 0.0593. The van der Waals surface area contributed by atoms with Gasteiger partial charge in [-0.3, -0.25) is 0 Å². The van der Waals surface area contributed by atoms with Crippen molar-refractivity contribution in [2.45, 2.75) is 51.2 Å². The molecule has 0 aliphatic carbocycles. The zero-order chi connectivity index (χ0) is 17.8. The fourth-order valence-electron chi connectivity index (χ4n) is 2.34. The van der Waals surface area contributed by atoms with E-state index in [1.54, 1.807) is 31.3 Å². The highest BCUT2D eigenvalue weighted by atomic mass is 32.2. The van der Waals surface area contributed by atoms with Gasteiger partial charge in [0.2, 0.25) is 0 Å². The maximum Gasteiger partial charge on any atom is 0.410 e. The lowest BCUT2D eigenvalue weighted by Crippen LogP contribution is -2.32. The van der Waals surface area contributed by atoms with Crippen LogP contribution >= 0.6 is 0 Å². The van der Waals surface area contributed by atoms with Crippen molar-refractivity contribution in [1.29, 1.82) is 0 Å². The van der Waals surface area contributed by atoms with Gasteiger partial charge in [0, 0.05) is 13.3 Å². The van der Waals surface area contributed by atoms with E-state index >= 15 is 0 Å². The Labute approximate surface area is 139 Å². The number of hydrogen-bond acceptors (Lipinski definition) is 4. The molecule has 0 saturated heterocycles. The van der Waals surface area contributed by atoms with Crippen LogP contribution in [-0.2, 0) is 14.6 Å². The molecule has 1 amide bonds. The first-order valence-electron chi connectivity index (χ1n) is 7.75. The van der Waals surface area contributed by atoms with Crippen molar-refractivity contribution in [3.63, 3.8) is 0 Å². The van der Waals surface area contributed by atoms with Gasteiger partial charge >= 0.3 is 6.09 Å². The molecule has 1 aromatic carbocycles. The van der Waals surface area contributed by atoms with Crippen molar-refractivity contribution in [3.05, 3.63) is 29.8 Å². The van der Waals surface area contributed by atoms with Gasteiger partial charge in [0.25, 0.3) is 0 Å². The Bertz CT molecular complexity index is 622. The van der Waals surface area contributed by atoms with Gasteiger partial charge in [-0.2, -0.15) is 0 Å². The molecule has 1 aromatic rings. The molecule has 0 aliphatic heterocycles. The molecule has 6 heteroatoms. The second kappa shape index (κ2) is 7.81. The molecule has 0 fully saturated rings. The van der Waals surface area contributed by atoms with Crippen LogP contribution in [0, 0.1) is 5.92 Å². The minimum Gasteiger partial charge on any atom is -0.446 e. The summed E-state index contributed by atoms with van der Waals surface area (Å²) in [5.74, 6) is 0.462. The molecule has 5 nitrogen and oxygen atoms in total. The molecule has 0 bridgehead atoms. The summed E-state index contributed by atoms with van der Waals surface area (Å²) in [5.41, 5.74) is 0.855. The van der Waals surface area contributed by atoms with E-state index in [2.05, 4.69) is 13.8 Å². The third-order valence-corrected chi connectivity index (χ3v) is 4.89. The van der Waals surface area contributed by atoms with Gasteiger partial charge in [0.1, 0.15) is 6.10 Å². The molecule has 23 heavy (non-hydrogen) atoms. The first-order valence-corrected chi connectivity index (χ1v) is 9.65. The molecule has 2 atom stereocenters. The second-order valence-corrected chi connectivity index (χ2v) is 8.47. The molecule has 0 unspecified atom stereocenters. The third-order valence-electron chi connectivity index (χ3n) is 3.76. The highest BCUT2D eigenvalue weighted by Crippen LogP contribution is 2.22. The van der Waals surface area contributed by atoms with Crippen molar-refractivity contribution in [3.8, 4) is 0 Å². The van der Waals surface area contributed by atoms with E-state index < -0.39 is 9.84 Å². The van der Waals surface area contributed by atoms with E-state index in [1.807, 2.05) is 13.8 Å². The lowest BCUT2D eigenvalue weighted by Gasteiger charge is -2.27. The standard InChI is InChI=1S/C17H27NO4S/c1-12(2)11-13(3)22-17(19)18(5)14(4)15-7-9-16(10-8-15)23(6,20)21/h7-10,12-14H,11H2,1-6H3/t13-,14+/m0/s1. The number of carbonyl (C=O) groups excluding carboxylic acids is 1. The topological polar surface area (TPSA) is 63.7 Å². The van der Waals surface area contributed by atoms with Gasteiger partial charge in [0.15, 0.2) is 9.84 Å². The van der Waals surface area contributed by atoms with Crippen molar-refractivity contribution in [2.24, 2.45) is 5.92 Å². The smallest absolute Gasteiger partial charge is 0.410 e. The summed E-state index contributed by atoms with van der Waals surface area (Å²) in [4.78, 5) is 14.0. The average Bonchev–Trinajstić information content (AvgIpc) is 2.43. The van der Waals surface area contributed by atoms with Gasteiger partial charge in [0.05, 0.1) is 10.9 Å². The predicted molar refractivity (Wildman–Crippen MR) is 91.1 cm³/mol. The summed E-state index contributed by atoms with van der Waals surface area (Å²) < 4.78 is 28.4. The Morgan fingerprint density at radius 1 is 1.13 bits per heavy atom. The maximum absolute atomic E-state index is 12.2. The number of benzene rings is 1. The molecule has 0 spiro atoms. The van der Waals surface area contributed by atoms with Gasteiger partial charge in [-0.05, 0) is 43.9 Å². The molecule has 0 aliphatic rings. The van der Waals surface area contributed by atoms with Crippen LogP contribution in [0.2, 0.25) is 0 Å². The van der Waals surface area contributed by atoms with Crippen LogP contribution in [0.3, 0.4) is 0 Å². The van der Waals surface area contributed by atoms with Gasteiger partial charge in [-0.15, -0.1) is 0 Å². The number of sulfone groups is 1. The number of hydrogen-bond donors (Lipinski definition) is 0. The first kappa shape index (κ1) is 19.5. The zero-order valence-electron chi connectivity index (χ0n) is 14.7. The predicted octanol–water partition coefficient (Wildman–Crippen LogP) is 3.65.